The van der Waals surface area contributed by atoms with Gasteiger partial charge in [-0.1, -0.05) is 6.07 Å². The molecule has 0 atom stereocenters. The van der Waals surface area contributed by atoms with Gasteiger partial charge in [-0.3, -0.25) is 4.79 Å². The summed E-state index contributed by atoms with van der Waals surface area (Å²) >= 11 is 1.56. The maximum atomic E-state index is 11.8. The van der Waals surface area contributed by atoms with Crippen LogP contribution in [-0.4, -0.2) is 17.0 Å². The fourth-order valence-electron chi connectivity index (χ4n) is 1.47. The molecule has 0 aliphatic rings. The van der Waals surface area contributed by atoms with Crippen molar-refractivity contribution in [3.05, 3.63) is 57.8 Å². The van der Waals surface area contributed by atoms with Crippen molar-refractivity contribution in [1.29, 1.82) is 0 Å². The standard InChI is InChI=1S/C13H11NO3S/c15-12(14-7-9-4-5-18-8-9)10-2-1-3-11(6-10)13(16)17/h1-6,8H,7H2,(H,14,15)(H,16,17). The summed E-state index contributed by atoms with van der Waals surface area (Å²) in [6.07, 6.45) is 0. The molecule has 0 fully saturated rings. The molecule has 1 amide bonds. The van der Waals surface area contributed by atoms with Gasteiger partial charge in [-0.05, 0) is 40.6 Å². The Bertz CT molecular complexity index is 563. The van der Waals surface area contributed by atoms with Crippen molar-refractivity contribution in [2.45, 2.75) is 6.54 Å². The van der Waals surface area contributed by atoms with Gasteiger partial charge in [0.05, 0.1) is 5.56 Å². The van der Waals surface area contributed by atoms with Crippen LogP contribution in [0.4, 0.5) is 0 Å². The van der Waals surface area contributed by atoms with Crippen LogP contribution in [0, 0.1) is 0 Å². The van der Waals surface area contributed by atoms with Crippen LogP contribution in [-0.2, 0) is 6.54 Å². The maximum absolute atomic E-state index is 11.8. The molecular formula is C13H11NO3S. The van der Waals surface area contributed by atoms with Crippen LogP contribution in [0.25, 0.3) is 0 Å². The van der Waals surface area contributed by atoms with E-state index in [1.807, 2.05) is 16.8 Å². The molecule has 4 nitrogen and oxygen atoms in total. The topological polar surface area (TPSA) is 66.4 Å². The highest BCUT2D eigenvalue weighted by molar-refractivity contribution is 7.07. The summed E-state index contributed by atoms with van der Waals surface area (Å²) in [6.45, 7) is 0.444. The van der Waals surface area contributed by atoms with Gasteiger partial charge < -0.3 is 10.4 Å². The molecule has 2 N–H and O–H groups in total. The predicted octanol–water partition coefficient (Wildman–Crippen LogP) is 2.38. The fraction of sp³-hybridized carbons (Fsp3) is 0.0769. The number of carbonyl (C=O) groups excluding carboxylic acids is 1. The highest BCUT2D eigenvalue weighted by Gasteiger charge is 2.09. The monoisotopic (exact) mass is 261 g/mol. The first kappa shape index (κ1) is 12.3. The van der Waals surface area contributed by atoms with Gasteiger partial charge in [0.1, 0.15) is 0 Å². The van der Waals surface area contributed by atoms with Crippen LogP contribution in [0.5, 0.6) is 0 Å². The van der Waals surface area contributed by atoms with Gasteiger partial charge in [0.2, 0.25) is 0 Å². The Balaban J connectivity index is 2.04. The molecule has 1 aromatic heterocycles. The molecule has 0 spiro atoms. The van der Waals surface area contributed by atoms with Crippen LogP contribution in [0.15, 0.2) is 41.1 Å². The molecule has 0 saturated heterocycles. The average molecular weight is 261 g/mol. The molecule has 2 aromatic rings. The number of nitrogens with one attached hydrogen (secondary N) is 1. The molecule has 0 radical (unpaired) electrons. The van der Waals surface area contributed by atoms with Gasteiger partial charge in [0, 0.05) is 12.1 Å². The summed E-state index contributed by atoms with van der Waals surface area (Å²) in [5, 5.41) is 15.5. The molecule has 1 aromatic carbocycles. The number of amides is 1. The van der Waals surface area contributed by atoms with Crippen molar-refractivity contribution in [2.24, 2.45) is 0 Å². The Morgan fingerprint density at radius 2 is 2.00 bits per heavy atom. The fourth-order valence-corrected chi connectivity index (χ4v) is 2.14. The lowest BCUT2D eigenvalue weighted by molar-refractivity contribution is 0.0697. The summed E-state index contributed by atoms with van der Waals surface area (Å²) in [7, 11) is 0. The molecule has 1 heterocycles. The summed E-state index contributed by atoms with van der Waals surface area (Å²) < 4.78 is 0. The van der Waals surface area contributed by atoms with E-state index in [2.05, 4.69) is 5.32 Å². The molecular weight excluding hydrogens is 250 g/mol. The van der Waals surface area contributed by atoms with E-state index in [0.717, 1.165) is 5.56 Å². The molecule has 18 heavy (non-hydrogen) atoms. The van der Waals surface area contributed by atoms with Crippen LogP contribution in [0.3, 0.4) is 0 Å². The van der Waals surface area contributed by atoms with Gasteiger partial charge >= 0.3 is 5.97 Å². The number of thiophene rings is 1. The zero-order chi connectivity index (χ0) is 13.0. The summed E-state index contributed by atoms with van der Waals surface area (Å²) in [5.74, 6) is -1.31. The van der Waals surface area contributed by atoms with E-state index in [4.69, 9.17) is 5.11 Å². The van der Waals surface area contributed by atoms with Crippen molar-refractivity contribution in [3.8, 4) is 0 Å². The van der Waals surface area contributed by atoms with Gasteiger partial charge in [0.25, 0.3) is 5.91 Å². The van der Waals surface area contributed by atoms with Crippen LogP contribution >= 0.6 is 11.3 Å². The van der Waals surface area contributed by atoms with Gasteiger partial charge in [0.15, 0.2) is 0 Å². The minimum atomic E-state index is -1.04. The molecule has 2 rings (SSSR count). The van der Waals surface area contributed by atoms with E-state index in [9.17, 15) is 9.59 Å². The number of rotatable bonds is 4. The zero-order valence-electron chi connectivity index (χ0n) is 9.42. The van der Waals surface area contributed by atoms with Crippen molar-refractivity contribution in [3.63, 3.8) is 0 Å². The third-order valence-electron chi connectivity index (χ3n) is 2.40. The Morgan fingerprint density at radius 1 is 1.22 bits per heavy atom. The quantitative estimate of drug-likeness (QED) is 0.888. The Hall–Kier alpha value is -2.14. The number of hydrogen-bond donors (Lipinski definition) is 2. The molecule has 0 unspecified atom stereocenters. The Morgan fingerprint density at radius 3 is 2.67 bits per heavy atom. The Kier molecular flexibility index (Phi) is 3.74. The Labute approximate surface area is 108 Å². The van der Waals surface area contributed by atoms with E-state index in [1.54, 1.807) is 23.5 Å². The van der Waals surface area contributed by atoms with E-state index in [-0.39, 0.29) is 11.5 Å². The second-order valence-electron chi connectivity index (χ2n) is 3.70. The van der Waals surface area contributed by atoms with Crippen molar-refractivity contribution in [2.75, 3.05) is 0 Å². The van der Waals surface area contributed by atoms with E-state index in [1.165, 1.54) is 12.1 Å². The van der Waals surface area contributed by atoms with Gasteiger partial charge in [-0.2, -0.15) is 11.3 Å². The van der Waals surface area contributed by atoms with Crippen LogP contribution in [0.2, 0.25) is 0 Å². The minimum Gasteiger partial charge on any atom is -0.478 e. The number of benzene rings is 1. The van der Waals surface area contributed by atoms with Crippen molar-refractivity contribution >= 4 is 23.2 Å². The first-order valence-electron chi connectivity index (χ1n) is 5.29. The number of carboxylic acid groups (broad SMARTS) is 1. The largest absolute Gasteiger partial charge is 0.478 e. The highest BCUT2D eigenvalue weighted by Crippen LogP contribution is 2.08. The molecule has 0 aliphatic heterocycles. The van der Waals surface area contributed by atoms with Crippen molar-refractivity contribution < 1.29 is 14.7 Å². The number of hydrogen-bond acceptors (Lipinski definition) is 3. The summed E-state index contributed by atoms with van der Waals surface area (Å²) in [5.41, 5.74) is 1.49. The average Bonchev–Trinajstić information content (AvgIpc) is 2.89. The van der Waals surface area contributed by atoms with Gasteiger partial charge in [-0.15, -0.1) is 0 Å². The molecule has 92 valence electrons. The first-order valence-corrected chi connectivity index (χ1v) is 6.24. The lowest BCUT2D eigenvalue weighted by atomic mass is 10.1. The van der Waals surface area contributed by atoms with E-state index in [0.29, 0.717) is 12.1 Å². The lowest BCUT2D eigenvalue weighted by Crippen LogP contribution is -2.22. The SMILES string of the molecule is O=C(O)c1cccc(C(=O)NCc2ccsc2)c1. The summed E-state index contributed by atoms with van der Waals surface area (Å²) in [6, 6.07) is 7.90. The first-order chi connectivity index (χ1) is 8.66. The molecule has 5 heteroatoms. The smallest absolute Gasteiger partial charge is 0.335 e. The zero-order valence-corrected chi connectivity index (χ0v) is 10.2. The van der Waals surface area contributed by atoms with E-state index < -0.39 is 5.97 Å². The number of carboxylic acids is 1. The molecule has 0 aliphatic carbocycles. The predicted molar refractivity (Wildman–Crippen MR) is 68.9 cm³/mol. The number of carbonyl (C=O) groups is 2. The van der Waals surface area contributed by atoms with Crippen LogP contribution in [0.1, 0.15) is 26.3 Å². The number of aromatic carboxylic acids is 1. The van der Waals surface area contributed by atoms with E-state index >= 15 is 0 Å². The maximum Gasteiger partial charge on any atom is 0.335 e. The minimum absolute atomic E-state index is 0.109. The third-order valence-corrected chi connectivity index (χ3v) is 3.14. The van der Waals surface area contributed by atoms with Crippen molar-refractivity contribution in [1.82, 2.24) is 5.32 Å². The van der Waals surface area contributed by atoms with Gasteiger partial charge in [-0.25, -0.2) is 4.79 Å². The second-order valence-corrected chi connectivity index (χ2v) is 4.48. The second kappa shape index (κ2) is 5.46. The lowest BCUT2D eigenvalue weighted by Gasteiger charge is -2.04. The summed E-state index contributed by atoms with van der Waals surface area (Å²) in [4.78, 5) is 22.6. The normalized spacial score (nSPS) is 10.0. The third kappa shape index (κ3) is 2.95. The van der Waals surface area contributed by atoms with Crippen LogP contribution < -0.4 is 5.32 Å². The molecule has 0 saturated carbocycles. The highest BCUT2D eigenvalue weighted by atomic mass is 32.1. The molecule has 0 bridgehead atoms.